The zero-order chi connectivity index (χ0) is 11.7. The van der Waals surface area contributed by atoms with Crippen molar-refractivity contribution in [2.24, 2.45) is 11.7 Å². The predicted molar refractivity (Wildman–Crippen MR) is 51.8 cm³/mol. The van der Waals surface area contributed by atoms with Gasteiger partial charge >= 0.3 is 0 Å². The highest BCUT2D eigenvalue weighted by Crippen LogP contribution is 2.08. The standard InChI is InChI=1S/C9H16N2O4/c10-9(14)4-2-1-3-8(6-12)5-11(15)7-13/h6-8,15H,1-5H2,(H2,10,14)/t8-/m1/s1. The molecule has 0 aromatic heterocycles. The van der Waals surface area contributed by atoms with Gasteiger partial charge in [0.25, 0.3) is 0 Å². The van der Waals surface area contributed by atoms with Crippen LogP contribution in [0.5, 0.6) is 0 Å². The molecule has 0 aromatic carbocycles. The number of unbranched alkanes of at least 4 members (excludes halogenated alkanes) is 1. The Bertz CT molecular complexity index is 220. The second-order valence-corrected chi connectivity index (χ2v) is 3.34. The largest absolute Gasteiger partial charge is 0.370 e. The van der Waals surface area contributed by atoms with Gasteiger partial charge in [-0.15, -0.1) is 0 Å². The van der Waals surface area contributed by atoms with Gasteiger partial charge in [-0.3, -0.25) is 14.8 Å². The molecule has 0 aliphatic rings. The predicted octanol–water partition coefficient (Wildman–Crippen LogP) is -0.305. The molecule has 1 atom stereocenters. The molecule has 6 heteroatoms. The summed E-state index contributed by atoms with van der Waals surface area (Å²) in [6.45, 7) is -0.0103. The summed E-state index contributed by atoms with van der Waals surface area (Å²) >= 11 is 0. The summed E-state index contributed by atoms with van der Waals surface area (Å²) in [6, 6.07) is 0. The van der Waals surface area contributed by atoms with E-state index in [0.717, 1.165) is 0 Å². The molecular formula is C9H16N2O4. The lowest BCUT2D eigenvalue weighted by molar-refractivity contribution is -0.153. The van der Waals surface area contributed by atoms with Gasteiger partial charge in [-0.1, -0.05) is 6.42 Å². The van der Waals surface area contributed by atoms with Crippen molar-refractivity contribution in [1.82, 2.24) is 5.06 Å². The van der Waals surface area contributed by atoms with E-state index in [4.69, 9.17) is 10.9 Å². The quantitative estimate of drug-likeness (QED) is 0.239. The molecule has 0 unspecified atom stereocenters. The van der Waals surface area contributed by atoms with Crippen LogP contribution in [-0.2, 0) is 14.4 Å². The van der Waals surface area contributed by atoms with Gasteiger partial charge in [0.1, 0.15) is 6.29 Å². The van der Waals surface area contributed by atoms with Gasteiger partial charge in [-0.2, -0.15) is 0 Å². The van der Waals surface area contributed by atoms with Crippen molar-refractivity contribution < 1.29 is 19.6 Å². The van der Waals surface area contributed by atoms with Crippen LogP contribution < -0.4 is 5.73 Å². The van der Waals surface area contributed by atoms with Crippen LogP contribution in [-0.4, -0.2) is 35.4 Å². The summed E-state index contributed by atoms with van der Waals surface area (Å²) in [5.41, 5.74) is 4.94. The van der Waals surface area contributed by atoms with E-state index >= 15 is 0 Å². The van der Waals surface area contributed by atoms with E-state index in [-0.39, 0.29) is 18.9 Å². The maximum absolute atomic E-state index is 10.5. The highest BCUT2D eigenvalue weighted by molar-refractivity contribution is 5.73. The van der Waals surface area contributed by atoms with Crippen molar-refractivity contribution in [3.05, 3.63) is 0 Å². The van der Waals surface area contributed by atoms with Crippen LogP contribution in [0.15, 0.2) is 0 Å². The van der Waals surface area contributed by atoms with Crippen molar-refractivity contribution >= 4 is 18.6 Å². The zero-order valence-electron chi connectivity index (χ0n) is 8.46. The first-order chi connectivity index (χ1) is 7.10. The number of hydroxylamine groups is 2. The number of hydrogen-bond donors (Lipinski definition) is 2. The number of carbonyl (C=O) groups excluding carboxylic acids is 3. The number of primary amides is 1. The van der Waals surface area contributed by atoms with Crippen molar-refractivity contribution in [3.63, 3.8) is 0 Å². The molecule has 0 rings (SSSR count). The molecule has 0 aliphatic carbocycles. The lowest BCUT2D eigenvalue weighted by atomic mass is 10.0. The van der Waals surface area contributed by atoms with Gasteiger partial charge in [0.15, 0.2) is 0 Å². The third-order valence-electron chi connectivity index (χ3n) is 1.98. The Labute approximate surface area is 88.0 Å². The first-order valence-electron chi connectivity index (χ1n) is 4.74. The second-order valence-electron chi connectivity index (χ2n) is 3.34. The number of nitrogens with two attached hydrogens (primary N) is 1. The fraction of sp³-hybridized carbons (Fsp3) is 0.667. The Morgan fingerprint density at radius 1 is 1.40 bits per heavy atom. The average Bonchev–Trinajstić information content (AvgIpc) is 2.21. The first-order valence-corrected chi connectivity index (χ1v) is 4.74. The van der Waals surface area contributed by atoms with E-state index in [9.17, 15) is 14.4 Å². The summed E-state index contributed by atoms with van der Waals surface area (Å²) < 4.78 is 0. The van der Waals surface area contributed by atoms with Crippen LogP contribution in [0.25, 0.3) is 0 Å². The lowest BCUT2D eigenvalue weighted by Gasteiger charge is -2.13. The molecule has 15 heavy (non-hydrogen) atoms. The van der Waals surface area contributed by atoms with E-state index in [1.165, 1.54) is 0 Å². The smallest absolute Gasteiger partial charge is 0.233 e. The Morgan fingerprint density at radius 3 is 2.53 bits per heavy atom. The van der Waals surface area contributed by atoms with Crippen LogP contribution in [0.3, 0.4) is 0 Å². The minimum atomic E-state index is -0.395. The molecule has 0 saturated heterocycles. The monoisotopic (exact) mass is 216 g/mol. The summed E-state index contributed by atoms with van der Waals surface area (Å²) in [4.78, 5) is 31.0. The zero-order valence-corrected chi connectivity index (χ0v) is 8.46. The molecule has 0 heterocycles. The normalized spacial score (nSPS) is 11.8. The van der Waals surface area contributed by atoms with Gasteiger partial charge in [-0.25, -0.2) is 5.06 Å². The van der Waals surface area contributed by atoms with Gasteiger partial charge in [0.2, 0.25) is 12.3 Å². The van der Waals surface area contributed by atoms with Crippen LogP contribution in [0.4, 0.5) is 0 Å². The fourth-order valence-corrected chi connectivity index (χ4v) is 1.19. The van der Waals surface area contributed by atoms with Crippen LogP contribution in [0, 0.1) is 5.92 Å². The average molecular weight is 216 g/mol. The van der Waals surface area contributed by atoms with Gasteiger partial charge in [-0.05, 0) is 12.8 Å². The van der Waals surface area contributed by atoms with Gasteiger partial charge in [0, 0.05) is 12.3 Å². The Balaban J connectivity index is 3.65. The Hall–Kier alpha value is -1.43. The van der Waals surface area contributed by atoms with Crippen molar-refractivity contribution in [2.75, 3.05) is 6.54 Å². The maximum atomic E-state index is 10.5. The molecule has 0 spiro atoms. The third-order valence-corrected chi connectivity index (χ3v) is 1.98. The highest BCUT2D eigenvalue weighted by atomic mass is 16.5. The molecule has 0 aromatic rings. The van der Waals surface area contributed by atoms with E-state index < -0.39 is 5.92 Å². The van der Waals surface area contributed by atoms with Crippen LogP contribution in [0.2, 0.25) is 0 Å². The second kappa shape index (κ2) is 7.93. The molecule has 0 aliphatic heterocycles. The number of nitrogens with zero attached hydrogens (tertiary/aromatic N) is 1. The van der Waals surface area contributed by atoms with E-state index in [1.54, 1.807) is 0 Å². The molecule has 0 bridgehead atoms. The summed E-state index contributed by atoms with van der Waals surface area (Å²) in [5.74, 6) is -0.762. The van der Waals surface area contributed by atoms with Crippen molar-refractivity contribution in [2.45, 2.75) is 25.7 Å². The molecule has 3 N–H and O–H groups in total. The summed E-state index contributed by atoms with van der Waals surface area (Å²) in [6.07, 6.45) is 3.05. The number of rotatable bonds is 9. The number of hydrogen-bond acceptors (Lipinski definition) is 4. The minimum Gasteiger partial charge on any atom is -0.370 e. The SMILES string of the molecule is NC(=O)CCCC[C@@H](C=O)CN(O)C=O. The van der Waals surface area contributed by atoms with E-state index in [0.29, 0.717) is 37.0 Å². The topological polar surface area (TPSA) is 101 Å². The molecular weight excluding hydrogens is 200 g/mol. The Kier molecular flexibility index (Phi) is 7.17. The summed E-state index contributed by atoms with van der Waals surface area (Å²) in [7, 11) is 0. The maximum Gasteiger partial charge on any atom is 0.233 e. The number of carbonyl (C=O) groups is 3. The number of amides is 2. The molecule has 86 valence electrons. The first kappa shape index (κ1) is 13.6. The lowest BCUT2D eigenvalue weighted by Crippen LogP contribution is -2.25. The fourth-order valence-electron chi connectivity index (χ4n) is 1.19. The molecule has 2 amide bonds. The molecule has 0 fully saturated rings. The van der Waals surface area contributed by atoms with Gasteiger partial charge in [0.05, 0.1) is 6.54 Å². The van der Waals surface area contributed by atoms with Crippen molar-refractivity contribution in [3.8, 4) is 0 Å². The van der Waals surface area contributed by atoms with Crippen LogP contribution in [0.1, 0.15) is 25.7 Å². The van der Waals surface area contributed by atoms with E-state index in [1.807, 2.05) is 0 Å². The van der Waals surface area contributed by atoms with E-state index in [2.05, 4.69) is 0 Å². The molecule has 0 radical (unpaired) electrons. The highest BCUT2D eigenvalue weighted by Gasteiger charge is 2.10. The van der Waals surface area contributed by atoms with Crippen LogP contribution >= 0.6 is 0 Å². The minimum absolute atomic E-state index is 0.0103. The number of aldehydes is 1. The van der Waals surface area contributed by atoms with Crippen molar-refractivity contribution in [1.29, 1.82) is 0 Å². The van der Waals surface area contributed by atoms with Gasteiger partial charge < -0.3 is 10.5 Å². The third kappa shape index (κ3) is 7.63. The summed E-state index contributed by atoms with van der Waals surface area (Å²) in [5, 5.41) is 9.27. The molecule has 6 nitrogen and oxygen atoms in total. The Morgan fingerprint density at radius 2 is 2.07 bits per heavy atom. The molecule has 0 saturated carbocycles.